The Morgan fingerprint density at radius 3 is 2.86 bits per heavy atom. The zero-order chi connectivity index (χ0) is 15.3. The van der Waals surface area contributed by atoms with Crippen LogP contribution in [0.25, 0.3) is 22.0 Å². The average molecular weight is 353 g/mol. The summed E-state index contributed by atoms with van der Waals surface area (Å²) in [6.07, 6.45) is 5.89. The lowest BCUT2D eigenvalue weighted by Gasteiger charge is -2.27. The van der Waals surface area contributed by atoms with Crippen molar-refractivity contribution in [2.24, 2.45) is 0 Å². The highest BCUT2D eigenvalue weighted by Crippen LogP contribution is 2.42. The first-order chi connectivity index (χ1) is 10.7. The Labute approximate surface area is 142 Å². The largest absolute Gasteiger partial charge is 0.340 e. The summed E-state index contributed by atoms with van der Waals surface area (Å²) in [4.78, 5) is 0. The van der Waals surface area contributed by atoms with Crippen LogP contribution in [0, 0.1) is 0 Å². The summed E-state index contributed by atoms with van der Waals surface area (Å²) >= 11 is 14.5. The molecule has 1 aliphatic rings. The maximum Gasteiger partial charge on any atom is 0.0835 e. The minimum Gasteiger partial charge on any atom is -0.340 e. The number of aromatic amines is 1. The molecule has 22 heavy (non-hydrogen) atoms. The first kappa shape index (κ1) is 14.5. The first-order valence-electron chi connectivity index (χ1n) is 6.98. The molecular weight excluding hydrogens is 339 g/mol. The van der Waals surface area contributed by atoms with Crippen LogP contribution in [0.3, 0.4) is 0 Å². The van der Waals surface area contributed by atoms with E-state index in [0.717, 1.165) is 36.1 Å². The lowest BCUT2D eigenvalue weighted by molar-refractivity contribution is 0.383. The van der Waals surface area contributed by atoms with E-state index in [0.29, 0.717) is 10.0 Å². The van der Waals surface area contributed by atoms with Crippen molar-refractivity contribution < 1.29 is 0 Å². The Hall–Kier alpha value is -1.14. The van der Waals surface area contributed by atoms with E-state index in [9.17, 15) is 0 Å². The monoisotopic (exact) mass is 352 g/mol. The van der Waals surface area contributed by atoms with E-state index in [1.807, 2.05) is 18.5 Å². The fourth-order valence-corrected chi connectivity index (χ4v) is 4.10. The van der Waals surface area contributed by atoms with Gasteiger partial charge in [-0.1, -0.05) is 41.2 Å². The molecule has 0 atom stereocenters. The minimum atomic E-state index is 0.598. The number of rotatable bonds is 2. The summed E-state index contributed by atoms with van der Waals surface area (Å²) in [7, 11) is 0. The molecule has 4 nitrogen and oxygen atoms in total. The van der Waals surface area contributed by atoms with E-state index in [-0.39, 0.29) is 0 Å². The van der Waals surface area contributed by atoms with E-state index in [4.69, 9.17) is 23.2 Å². The van der Waals surface area contributed by atoms with Gasteiger partial charge in [-0.05, 0) is 12.3 Å². The first-order valence-corrected chi connectivity index (χ1v) is 8.91. The Balaban J connectivity index is 2.07. The molecule has 114 valence electrons. The number of H-pyrrole nitrogens is 1. The third-order valence-corrected chi connectivity index (χ3v) is 5.79. The highest BCUT2D eigenvalue weighted by molar-refractivity contribution is 7.96. The maximum absolute atomic E-state index is 6.51. The third-order valence-electron chi connectivity index (χ3n) is 4.17. The highest BCUT2D eigenvalue weighted by atomic mass is 35.5. The molecule has 0 unspecified atom stereocenters. The lowest BCUT2D eigenvalue weighted by Crippen LogP contribution is -2.28. The van der Waals surface area contributed by atoms with E-state index in [1.54, 1.807) is 11.9 Å². The van der Waals surface area contributed by atoms with Gasteiger partial charge in [0.1, 0.15) is 0 Å². The summed E-state index contributed by atoms with van der Waals surface area (Å²) in [5.74, 6) is 0. The van der Waals surface area contributed by atoms with E-state index < -0.39 is 0 Å². The van der Waals surface area contributed by atoms with Crippen molar-refractivity contribution in [3.63, 3.8) is 0 Å². The number of halogens is 2. The molecule has 0 saturated heterocycles. The van der Waals surface area contributed by atoms with Gasteiger partial charge in [-0.25, -0.2) is 4.31 Å². The van der Waals surface area contributed by atoms with Gasteiger partial charge in [0, 0.05) is 41.5 Å². The number of nitrogens with zero attached hydrogens (tertiary/aromatic N) is 3. The molecule has 0 aliphatic carbocycles. The zero-order valence-corrected chi connectivity index (χ0v) is 14.3. The Morgan fingerprint density at radius 1 is 1.27 bits per heavy atom. The molecule has 0 fully saturated rings. The molecule has 1 aromatic carbocycles. The van der Waals surface area contributed by atoms with Gasteiger partial charge in [0.05, 0.1) is 28.3 Å². The number of nitrogens with one attached hydrogen (secondary N) is 1. The molecule has 7 heteroatoms. The zero-order valence-electron chi connectivity index (χ0n) is 11.9. The molecule has 0 radical (unpaired) electrons. The molecule has 0 spiro atoms. The lowest BCUT2D eigenvalue weighted by atomic mass is 10.0. The number of hydrogen-bond donors (Lipinski definition) is 1. The number of aromatic nitrogens is 3. The molecule has 1 aliphatic heterocycles. The van der Waals surface area contributed by atoms with Gasteiger partial charge < -0.3 is 4.57 Å². The second-order valence-corrected chi connectivity index (χ2v) is 6.93. The van der Waals surface area contributed by atoms with Crippen LogP contribution in [0.5, 0.6) is 0 Å². The van der Waals surface area contributed by atoms with Gasteiger partial charge in [-0.15, -0.1) is 0 Å². The molecule has 0 saturated carbocycles. The summed E-state index contributed by atoms with van der Waals surface area (Å²) in [6, 6.07) is 3.93. The van der Waals surface area contributed by atoms with Crippen LogP contribution < -0.4 is 0 Å². The predicted molar refractivity (Wildman–Crippen MR) is 93.5 cm³/mol. The van der Waals surface area contributed by atoms with Crippen LogP contribution in [0.2, 0.25) is 10.0 Å². The SMILES string of the molecule is CSN1CCn2c(c(-c3cn[nH]c3)c3ccc(Cl)c(Cl)c32)C1. The number of hydrogen-bond acceptors (Lipinski definition) is 3. The van der Waals surface area contributed by atoms with Crippen molar-refractivity contribution in [2.75, 3.05) is 12.8 Å². The van der Waals surface area contributed by atoms with Gasteiger partial charge in [0.2, 0.25) is 0 Å². The summed E-state index contributed by atoms with van der Waals surface area (Å²) < 4.78 is 4.66. The van der Waals surface area contributed by atoms with Crippen LogP contribution in [0.4, 0.5) is 0 Å². The minimum absolute atomic E-state index is 0.598. The van der Waals surface area contributed by atoms with Gasteiger partial charge in [0.15, 0.2) is 0 Å². The van der Waals surface area contributed by atoms with Crippen LogP contribution in [-0.4, -0.2) is 31.9 Å². The van der Waals surface area contributed by atoms with Crippen LogP contribution in [0.1, 0.15) is 5.69 Å². The quantitative estimate of drug-likeness (QED) is 0.693. The van der Waals surface area contributed by atoms with Gasteiger partial charge in [-0.3, -0.25) is 5.10 Å². The predicted octanol–water partition coefficient (Wildman–Crippen LogP) is 4.43. The van der Waals surface area contributed by atoms with Crippen LogP contribution in [-0.2, 0) is 13.1 Å². The Bertz CT molecular complexity index is 841. The van der Waals surface area contributed by atoms with Crippen molar-refractivity contribution in [1.29, 1.82) is 0 Å². The Kier molecular flexibility index (Phi) is 3.61. The van der Waals surface area contributed by atoms with Crippen molar-refractivity contribution in [3.8, 4) is 11.1 Å². The molecule has 0 amide bonds. The fourth-order valence-electron chi connectivity index (χ4n) is 3.17. The number of fused-ring (bicyclic) bond motifs is 3. The van der Waals surface area contributed by atoms with Gasteiger partial charge >= 0.3 is 0 Å². The Morgan fingerprint density at radius 2 is 2.14 bits per heavy atom. The summed E-state index contributed by atoms with van der Waals surface area (Å²) in [6.45, 7) is 2.78. The highest BCUT2D eigenvalue weighted by Gasteiger charge is 2.26. The molecule has 4 rings (SSSR count). The molecule has 3 heterocycles. The van der Waals surface area contributed by atoms with Crippen LogP contribution >= 0.6 is 35.1 Å². The molecule has 3 aromatic rings. The van der Waals surface area contributed by atoms with Gasteiger partial charge in [0.25, 0.3) is 0 Å². The maximum atomic E-state index is 6.51. The van der Waals surface area contributed by atoms with Crippen molar-refractivity contribution in [1.82, 2.24) is 19.1 Å². The van der Waals surface area contributed by atoms with Crippen molar-refractivity contribution >= 4 is 46.1 Å². The fraction of sp³-hybridized carbons (Fsp3) is 0.267. The summed E-state index contributed by atoms with van der Waals surface area (Å²) in [5, 5.41) is 9.37. The van der Waals surface area contributed by atoms with Crippen molar-refractivity contribution in [3.05, 3.63) is 40.3 Å². The topological polar surface area (TPSA) is 36.9 Å². The molecule has 1 N–H and O–H groups in total. The molecule has 0 bridgehead atoms. The van der Waals surface area contributed by atoms with Crippen LogP contribution in [0.15, 0.2) is 24.5 Å². The average Bonchev–Trinajstić information content (AvgIpc) is 3.15. The second-order valence-electron chi connectivity index (χ2n) is 5.26. The van der Waals surface area contributed by atoms with E-state index >= 15 is 0 Å². The van der Waals surface area contributed by atoms with E-state index in [1.165, 1.54) is 11.3 Å². The summed E-state index contributed by atoms with van der Waals surface area (Å²) in [5.41, 5.74) is 4.57. The van der Waals surface area contributed by atoms with E-state index in [2.05, 4.69) is 31.4 Å². The number of benzene rings is 1. The molecule has 2 aromatic heterocycles. The standard InChI is InChI=1S/C15H14Cl2N4S/c1-22-20-4-5-21-12(8-20)13(9-6-18-19-7-9)10-2-3-11(16)14(17)15(10)21/h2-3,6-7H,4-5,8H2,1H3,(H,18,19). The second kappa shape index (κ2) is 5.49. The smallest absolute Gasteiger partial charge is 0.0835 e. The van der Waals surface area contributed by atoms with Crippen molar-refractivity contribution in [2.45, 2.75) is 13.1 Å². The van der Waals surface area contributed by atoms with Gasteiger partial charge in [-0.2, -0.15) is 5.10 Å². The normalized spacial score (nSPS) is 15.4. The molecular formula is C15H14Cl2N4S. The third kappa shape index (κ3) is 2.07.